The maximum absolute atomic E-state index is 15.0. The van der Waals surface area contributed by atoms with Gasteiger partial charge < -0.3 is 34.4 Å². The highest BCUT2D eigenvalue weighted by molar-refractivity contribution is 9.11. The summed E-state index contributed by atoms with van der Waals surface area (Å²) in [5.41, 5.74) is 0.248. The number of nitrogens with one attached hydrogen (secondary N) is 1. The fourth-order valence-electron chi connectivity index (χ4n) is 7.58. The fraction of sp³-hybridized carbons (Fsp3) is 0.444. The number of methoxy groups -OCH3 is 1. The minimum absolute atomic E-state index is 0.0411. The predicted octanol–water partition coefficient (Wildman–Crippen LogP) is 4.00. The molecule has 3 amide bonds. The number of halogens is 2. The molecular formula is C36H39BrClN3O8. The summed E-state index contributed by atoms with van der Waals surface area (Å²) in [5.74, 6) is -4.29. The van der Waals surface area contributed by atoms with E-state index >= 15 is 4.79 Å². The van der Waals surface area contributed by atoms with Crippen molar-refractivity contribution in [2.75, 3.05) is 31.8 Å². The van der Waals surface area contributed by atoms with Crippen LogP contribution >= 0.6 is 27.5 Å². The summed E-state index contributed by atoms with van der Waals surface area (Å²) >= 11 is 10.3. The first-order chi connectivity index (χ1) is 23.5. The summed E-state index contributed by atoms with van der Waals surface area (Å²) in [6.07, 6.45) is 3.90. The van der Waals surface area contributed by atoms with E-state index in [1.165, 1.54) is 16.9 Å². The number of nitrogens with zero attached hydrogens (tertiary/aromatic N) is 2. The third-order valence-electron chi connectivity index (χ3n) is 9.76. The first-order valence-corrected chi connectivity index (χ1v) is 17.5. The zero-order chi connectivity index (χ0) is 35.0. The molecule has 4 heterocycles. The van der Waals surface area contributed by atoms with E-state index in [1.54, 1.807) is 55.5 Å². The first kappa shape index (κ1) is 35.3. The van der Waals surface area contributed by atoms with Crippen molar-refractivity contribution in [3.05, 3.63) is 87.4 Å². The largest absolute Gasteiger partial charge is 0.455 e. The minimum atomic E-state index is -1.56. The number of aryl methyl sites for hydroxylation is 1. The zero-order valence-corrected chi connectivity index (χ0v) is 29.7. The third-order valence-corrected chi connectivity index (χ3v) is 10.7. The van der Waals surface area contributed by atoms with E-state index in [-0.39, 0.29) is 25.5 Å². The lowest BCUT2D eigenvalue weighted by atomic mass is 9.74. The molecule has 0 radical (unpaired) electrons. The standard InChI is InChI=1S/C36H39BrClN3O8/c1-20-11-10-14-24(38)29(20)40-16-9-5-8-15-26(43)39-25(19-47-3)30(22-12-6-4-7-13-22)48-35(46)27-28-33(44)41(21(2)18-42)32(34(40)45)36(28)17-23(37)31(27)49-36/h4-7,9-14,17,21,25,27-28,30-32,42H,8,15-16,18-19H2,1-3H3,(H,39,43)/b9-5-/t21-,25+,27-,28+,30+,31-,32-,36+/m1/s1. The molecular weight excluding hydrogens is 718 g/mol. The number of likely N-dealkylation sites (tertiary alicyclic amines) is 1. The second kappa shape index (κ2) is 14.4. The Bertz CT molecular complexity index is 1670. The quantitative estimate of drug-likeness (QED) is 0.334. The number of hydrogen-bond donors (Lipinski definition) is 2. The molecule has 0 aromatic heterocycles. The number of fused-ring (bicyclic) bond motifs is 2. The number of hydrogen-bond acceptors (Lipinski definition) is 8. The van der Waals surface area contributed by atoms with E-state index < -0.39 is 72.2 Å². The summed E-state index contributed by atoms with van der Waals surface area (Å²) in [6.45, 7) is 3.16. The lowest BCUT2D eigenvalue weighted by Gasteiger charge is -2.38. The lowest BCUT2D eigenvalue weighted by molar-refractivity contribution is -0.162. The number of aliphatic hydroxyl groups is 1. The van der Waals surface area contributed by atoms with E-state index in [4.69, 9.17) is 25.8 Å². The van der Waals surface area contributed by atoms with E-state index in [1.807, 2.05) is 25.1 Å². The van der Waals surface area contributed by atoms with Gasteiger partial charge in [0.05, 0.1) is 41.9 Å². The fourth-order valence-corrected chi connectivity index (χ4v) is 8.64. The SMILES string of the molecule is COC[C@@H]1NC(=O)CC/C=C\CN(c2c(C)cccc2Cl)C(=O)[C@H]2N([C@H](C)CO)C(=O)[C@@H]3[C@@H](C(=O)O[C@H]1c1ccccc1)[C@@H]1O[C@@]32C=C1Br. The van der Waals surface area contributed by atoms with Gasteiger partial charge in [0.2, 0.25) is 11.8 Å². The molecule has 0 unspecified atom stereocenters. The maximum Gasteiger partial charge on any atom is 0.313 e. The molecule has 4 aliphatic heterocycles. The summed E-state index contributed by atoms with van der Waals surface area (Å²) in [7, 11) is 1.49. The highest BCUT2D eigenvalue weighted by Crippen LogP contribution is 2.59. The van der Waals surface area contributed by atoms with Crippen LogP contribution in [-0.2, 0) is 33.4 Å². The number of allylic oxidation sites excluding steroid dienone is 1. The Morgan fingerprint density at radius 1 is 1.08 bits per heavy atom. The van der Waals surface area contributed by atoms with Crippen molar-refractivity contribution in [2.45, 2.75) is 62.6 Å². The number of para-hydroxylation sites is 1. The second-order valence-corrected chi connectivity index (χ2v) is 14.2. The number of carbonyl (C=O) groups excluding carboxylic acids is 4. The summed E-state index contributed by atoms with van der Waals surface area (Å²) < 4.78 is 18.8. The molecule has 1 spiro atoms. The Balaban J connectivity index is 1.51. The molecule has 49 heavy (non-hydrogen) atoms. The summed E-state index contributed by atoms with van der Waals surface area (Å²) in [4.78, 5) is 60.1. The van der Waals surface area contributed by atoms with Crippen LogP contribution < -0.4 is 10.2 Å². The molecule has 2 N–H and O–H groups in total. The number of carbonyl (C=O) groups is 4. The Morgan fingerprint density at radius 2 is 1.84 bits per heavy atom. The molecule has 5 bridgehead atoms. The third kappa shape index (κ3) is 6.22. The number of amides is 3. The van der Waals surface area contributed by atoms with Gasteiger partial charge in [-0.05, 0) is 43.5 Å². The Hall–Kier alpha value is -3.55. The Labute approximate surface area is 298 Å². The van der Waals surface area contributed by atoms with Gasteiger partial charge in [-0.2, -0.15) is 0 Å². The monoisotopic (exact) mass is 755 g/mol. The molecule has 8 atom stereocenters. The highest BCUT2D eigenvalue weighted by atomic mass is 79.9. The van der Waals surface area contributed by atoms with Crippen LogP contribution in [-0.4, -0.2) is 90.4 Å². The number of benzene rings is 2. The topological polar surface area (TPSA) is 135 Å². The van der Waals surface area contributed by atoms with Gasteiger partial charge in [0.15, 0.2) is 0 Å². The molecule has 13 heteroatoms. The van der Waals surface area contributed by atoms with E-state index in [9.17, 15) is 19.5 Å². The van der Waals surface area contributed by atoms with Crippen LogP contribution in [0.2, 0.25) is 5.02 Å². The number of rotatable bonds is 6. The predicted molar refractivity (Wildman–Crippen MR) is 185 cm³/mol. The van der Waals surface area contributed by atoms with Crippen molar-refractivity contribution in [1.82, 2.24) is 10.2 Å². The average molecular weight is 757 g/mol. The Kier molecular flexibility index (Phi) is 10.3. The van der Waals surface area contributed by atoms with Crippen LogP contribution in [0.5, 0.6) is 0 Å². The maximum atomic E-state index is 15.0. The van der Waals surface area contributed by atoms with Gasteiger partial charge in [-0.1, -0.05) is 82.1 Å². The van der Waals surface area contributed by atoms with Crippen LogP contribution in [0, 0.1) is 18.8 Å². The smallest absolute Gasteiger partial charge is 0.313 e. The average Bonchev–Trinajstić information content (AvgIpc) is 3.68. The molecule has 2 aromatic carbocycles. The lowest BCUT2D eigenvalue weighted by Crippen LogP contribution is -2.58. The Morgan fingerprint density at radius 3 is 2.53 bits per heavy atom. The van der Waals surface area contributed by atoms with Crippen molar-refractivity contribution < 1.29 is 38.5 Å². The molecule has 2 saturated heterocycles. The van der Waals surface area contributed by atoms with Gasteiger partial charge >= 0.3 is 5.97 Å². The van der Waals surface area contributed by atoms with Gasteiger partial charge in [-0.25, -0.2) is 0 Å². The van der Waals surface area contributed by atoms with E-state index in [0.717, 1.165) is 5.56 Å². The molecule has 0 aliphatic carbocycles. The molecule has 0 saturated carbocycles. The summed E-state index contributed by atoms with van der Waals surface area (Å²) in [6, 6.07) is 11.5. The van der Waals surface area contributed by atoms with Gasteiger partial charge in [0.1, 0.15) is 29.8 Å². The van der Waals surface area contributed by atoms with Gasteiger partial charge in [0.25, 0.3) is 5.91 Å². The molecule has 2 aromatic rings. The second-order valence-electron chi connectivity index (χ2n) is 12.9. The number of esters is 1. The minimum Gasteiger partial charge on any atom is -0.455 e. The van der Waals surface area contributed by atoms with Crippen molar-refractivity contribution >= 4 is 56.9 Å². The molecule has 6 rings (SSSR count). The van der Waals surface area contributed by atoms with Crippen LogP contribution in [0.15, 0.2) is 71.2 Å². The molecule has 11 nitrogen and oxygen atoms in total. The molecule has 4 aliphatic rings. The van der Waals surface area contributed by atoms with Crippen molar-refractivity contribution in [1.29, 1.82) is 0 Å². The van der Waals surface area contributed by atoms with Crippen molar-refractivity contribution in [3.8, 4) is 0 Å². The van der Waals surface area contributed by atoms with Crippen LogP contribution in [0.25, 0.3) is 0 Å². The van der Waals surface area contributed by atoms with Gasteiger partial charge in [-0.15, -0.1) is 0 Å². The molecule has 260 valence electrons. The number of aliphatic hydroxyl groups excluding tert-OH is 1. The van der Waals surface area contributed by atoms with Crippen molar-refractivity contribution in [2.24, 2.45) is 11.8 Å². The summed E-state index contributed by atoms with van der Waals surface area (Å²) in [5, 5.41) is 13.7. The number of anilines is 1. The molecule has 2 fully saturated rings. The van der Waals surface area contributed by atoms with E-state index in [2.05, 4.69) is 21.2 Å². The van der Waals surface area contributed by atoms with Gasteiger partial charge in [-0.3, -0.25) is 19.2 Å². The van der Waals surface area contributed by atoms with Crippen molar-refractivity contribution in [3.63, 3.8) is 0 Å². The highest BCUT2D eigenvalue weighted by Gasteiger charge is 2.75. The first-order valence-electron chi connectivity index (χ1n) is 16.3. The van der Waals surface area contributed by atoms with Gasteiger partial charge in [0, 0.05) is 24.6 Å². The number of cyclic esters (lactones) is 1. The van der Waals surface area contributed by atoms with E-state index in [0.29, 0.717) is 27.2 Å². The van der Waals surface area contributed by atoms with Crippen LogP contribution in [0.3, 0.4) is 0 Å². The van der Waals surface area contributed by atoms with Crippen LogP contribution in [0.1, 0.15) is 37.0 Å². The normalized spacial score (nSPS) is 31.7. The zero-order valence-electron chi connectivity index (χ0n) is 27.4. The number of ether oxygens (including phenoxy) is 3. The van der Waals surface area contributed by atoms with Crippen LogP contribution in [0.4, 0.5) is 5.69 Å².